The normalized spacial score (nSPS) is 14.7. The average Bonchev–Trinajstić information content (AvgIpc) is 2.23. The minimum Gasteiger partial charge on any atom is -0.395 e. The molecule has 2 unspecified atom stereocenters. The van der Waals surface area contributed by atoms with Crippen LogP contribution in [0.1, 0.15) is 6.92 Å². The van der Waals surface area contributed by atoms with Crippen LogP contribution < -0.4 is 5.32 Å². The molecule has 1 aromatic heterocycles. The van der Waals surface area contributed by atoms with E-state index in [4.69, 9.17) is 16.7 Å². The largest absolute Gasteiger partial charge is 0.395 e. The van der Waals surface area contributed by atoms with Gasteiger partial charge in [-0.2, -0.15) is 11.8 Å². The molecule has 0 saturated carbocycles. The first-order valence-corrected chi connectivity index (χ1v) is 6.22. The number of anilines is 1. The lowest BCUT2D eigenvalue weighted by atomic mass is 10.2. The van der Waals surface area contributed by atoms with E-state index in [0.717, 1.165) is 0 Å². The first-order valence-electron chi connectivity index (χ1n) is 4.55. The lowest BCUT2D eigenvalue weighted by Gasteiger charge is -2.21. The van der Waals surface area contributed by atoms with Gasteiger partial charge in [-0.15, -0.1) is 0 Å². The van der Waals surface area contributed by atoms with Gasteiger partial charge < -0.3 is 10.4 Å². The number of nitrogens with one attached hydrogen (secondary N) is 1. The second kappa shape index (κ2) is 6.15. The highest BCUT2D eigenvalue weighted by molar-refractivity contribution is 7.99. The van der Waals surface area contributed by atoms with Gasteiger partial charge in [0.15, 0.2) is 11.0 Å². The van der Waals surface area contributed by atoms with Crippen molar-refractivity contribution < 1.29 is 5.11 Å². The Balaban J connectivity index is 2.65. The van der Waals surface area contributed by atoms with Crippen LogP contribution in [0.3, 0.4) is 0 Å². The third-order valence-electron chi connectivity index (χ3n) is 2.06. The molecule has 0 amide bonds. The zero-order valence-corrected chi connectivity index (χ0v) is 10.2. The first-order chi connectivity index (χ1) is 7.19. The molecule has 1 rings (SSSR count). The topological polar surface area (TPSA) is 58.0 Å². The van der Waals surface area contributed by atoms with Gasteiger partial charge in [0.1, 0.15) is 0 Å². The molecule has 1 heterocycles. The Hall–Kier alpha value is -0.520. The molecule has 0 saturated heterocycles. The van der Waals surface area contributed by atoms with Gasteiger partial charge in [0.25, 0.3) is 0 Å². The molecule has 15 heavy (non-hydrogen) atoms. The number of hydrogen-bond acceptors (Lipinski definition) is 5. The highest BCUT2D eigenvalue weighted by Gasteiger charge is 2.16. The van der Waals surface area contributed by atoms with E-state index < -0.39 is 0 Å². The van der Waals surface area contributed by atoms with E-state index in [-0.39, 0.29) is 17.9 Å². The predicted octanol–water partition coefficient (Wildman–Crippen LogP) is 1.65. The first kappa shape index (κ1) is 12.5. The fourth-order valence-electron chi connectivity index (χ4n) is 1.16. The third-order valence-corrected chi connectivity index (χ3v) is 3.50. The van der Waals surface area contributed by atoms with Gasteiger partial charge in [0.2, 0.25) is 0 Å². The average molecular weight is 248 g/mol. The second-order valence-corrected chi connectivity index (χ2v) is 4.52. The SMILES string of the molecule is CSC(CO)C(C)Nc1nccnc1Cl. The summed E-state index contributed by atoms with van der Waals surface area (Å²) in [5.74, 6) is 0.555. The molecule has 0 spiro atoms. The lowest BCUT2D eigenvalue weighted by Crippen LogP contribution is -2.31. The van der Waals surface area contributed by atoms with Crippen molar-refractivity contribution in [1.82, 2.24) is 9.97 Å². The van der Waals surface area contributed by atoms with E-state index in [1.807, 2.05) is 13.2 Å². The summed E-state index contributed by atoms with van der Waals surface area (Å²) < 4.78 is 0. The van der Waals surface area contributed by atoms with E-state index in [9.17, 15) is 0 Å². The predicted molar refractivity (Wildman–Crippen MR) is 64.5 cm³/mol. The smallest absolute Gasteiger partial charge is 0.171 e. The quantitative estimate of drug-likeness (QED) is 0.829. The summed E-state index contributed by atoms with van der Waals surface area (Å²) in [5, 5.41) is 12.7. The Morgan fingerprint density at radius 3 is 2.73 bits per heavy atom. The van der Waals surface area contributed by atoms with Crippen LogP contribution in [0, 0.1) is 0 Å². The lowest BCUT2D eigenvalue weighted by molar-refractivity contribution is 0.288. The van der Waals surface area contributed by atoms with Crippen LogP contribution >= 0.6 is 23.4 Å². The molecule has 0 fully saturated rings. The molecule has 0 aliphatic carbocycles. The van der Waals surface area contributed by atoms with E-state index in [1.165, 1.54) is 6.20 Å². The van der Waals surface area contributed by atoms with Crippen molar-refractivity contribution in [2.24, 2.45) is 0 Å². The molecule has 4 nitrogen and oxygen atoms in total. The van der Waals surface area contributed by atoms with E-state index in [0.29, 0.717) is 11.0 Å². The van der Waals surface area contributed by atoms with Gasteiger partial charge in [-0.25, -0.2) is 9.97 Å². The Morgan fingerprint density at radius 1 is 1.53 bits per heavy atom. The molecule has 84 valence electrons. The highest BCUT2D eigenvalue weighted by Crippen LogP contribution is 2.19. The summed E-state index contributed by atoms with van der Waals surface area (Å²) in [6.07, 6.45) is 5.07. The minimum absolute atomic E-state index is 0.0826. The van der Waals surface area contributed by atoms with Gasteiger partial charge in [0.05, 0.1) is 6.61 Å². The molecule has 2 atom stereocenters. The van der Waals surface area contributed by atoms with Crippen molar-refractivity contribution in [2.75, 3.05) is 18.2 Å². The molecule has 0 bridgehead atoms. The van der Waals surface area contributed by atoms with Crippen molar-refractivity contribution in [2.45, 2.75) is 18.2 Å². The number of hydrogen-bond donors (Lipinski definition) is 2. The number of rotatable bonds is 5. The monoisotopic (exact) mass is 247 g/mol. The van der Waals surface area contributed by atoms with Crippen molar-refractivity contribution in [3.05, 3.63) is 17.5 Å². The maximum atomic E-state index is 9.11. The van der Waals surface area contributed by atoms with Gasteiger partial charge in [-0.3, -0.25) is 0 Å². The zero-order valence-electron chi connectivity index (χ0n) is 8.64. The van der Waals surface area contributed by atoms with Gasteiger partial charge >= 0.3 is 0 Å². The van der Waals surface area contributed by atoms with Crippen LogP contribution in [-0.2, 0) is 0 Å². The summed E-state index contributed by atoms with van der Waals surface area (Å²) in [6.45, 7) is 2.09. The van der Waals surface area contributed by atoms with E-state index >= 15 is 0 Å². The molecular weight excluding hydrogens is 234 g/mol. The van der Waals surface area contributed by atoms with E-state index in [1.54, 1.807) is 18.0 Å². The Kier molecular flexibility index (Phi) is 5.14. The van der Waals surface area contributed by atoms with Crippen LogP contribution in [0.15, 0.2) is 12.4 Å². The fourth-order valence-corrected chi connectivity index (χ4v) is 1.95. The molecule has 0 aliphatic rings. The molecule has 2 N–H and O–H groups in total. The molecule has 0 aliphatic heterocycles. The minimum atomic E-state index is 0.0826. The van der Waals surface area contributed by atoms with Crippen LogP contribution in [0.2, 0.25) is 5.15 Å². The summed E-state index contributed by atoms with van der Waals surface area (Å²) in [5.41, 5.74) is 0. The van der Waals surface area contributed by atoms with Crippen LogP contribution in [0.25, 0.3) is 0 Å². The summed E-state index contributed by atoms with van der Waals surface area (Å²) in [4.78, 5) is 7.99. The maximum Gasteiger partial charge on any atom is 0.171 e. The number of aromatic nitrogens is 2. The fraction of sp³-hybridized carbons (Fsp3) is 0.556. The zero-order chi connectivity index (χ0) is 11.3. The standard InChI is InChI=1S/C9H14ClN3OS/c1-6(7(5-14)15-2)13-9-8(10)11-3-4-12-9/h3-4,6-7,14H,5H2,1-2H3,(H,12,13). The second-order valence-electron chi connectivity index (χ2n) is 3.09. The Labute approximate surface area is 98.5 Å². The molecule has 0 aromatic carbocycles. The summed E-state index contributed by atoms with van der Waals surface area (Å²) in [7, 11) is 0. The van der Waals surface area contributed by atoms with Gasteiger partial charge in [-0.1, -0.05) is 11.6 Å². The van der Waals surface area contributed by atoms with Crippen molar-refractivity contribution in [3.63, 3.8) is 0 Å². The number of aliphatic hydroxyl groups excluding tert-OH is 1. The Bertz CT molecular complexity index is 309. The van der Waals surface area contributed by atoms with Crippen molar-refractivity contribution in [3.8, 4) is 0 Å². The molecule has 1 aromatic rings. The third kappa shape index (κ3) is 3.52. The number of thioether (sulfide) groups is 1. The number of nitrogens with zero attached hydrogens (tertiary/aromatic N) is 2. The van der Waals surface area contributed by atoms with Crippen LogP contribution in [0.5, 0.6) is 0 Å². The van der Waals surface area contributed by atoms with Crippen LogP contribution in [0.4, 0.5) is 5.82 Å². The van der Waals surface area contributed by atoms with E-state index in [2.05, 4.69) is 15.3 Å². The molecular formula is C9H14ClN3OS. The Morgan fingerprint density at radius 2 is 2.20 bits per heavy atom. The van der Waals surface area contributed by atoms with Gasteiger partial charge in [-0.05, 0) is 13.2 Å². The van der Waals surface area contributed by atoms with Crippen LogP contribution in [-0.4, -0.2) is 39.2 Å². The van der Waals surface area contributed by atoms with Crippen molar-refractivity contribution >= 4 is 29.2 Å². The summed E-state index contributed by atoms with van der Waals surface area (Å²) in [6, 6.07) is 0.0826. The summed E-state index contributed by atoms with van der Waals surface area (Å²) >= 11 is 7.45. The number of halogens is 1. The van der Waals surface area contributed by atoms with Crippen molar-refractivity contribution in [1.29, 1.82) is 0 Å². The molecule has 0 radical (unpaired) electrons. The highest BCUT2D eigenvalue weighted by atomic mass is 35.5. The number of aliphatic hydroxyl groups is 1. The maximum absolute atomic E-state index is 9.11. The van der Waals surface area contributed by atoms with Gasteiger partial charge in [0, 0.05) is 23.7 Å². The molecule has 6 heteroatoms.